The van der Waals surface area contributed by atoms with E-state index in [1.165, 1.54) is 55.1 Å². The van der Waals surface area contributed by atoms with Crippen molar-refractivity contribution >= 4 is 117 Å². The van der Waals surface area contributed by atoms with E-state index in [2.05, 4.69) is 37.1 Å². The first-order valence-electron chi connectivity index (χ1n) is 36.0. The van der Waals surface area contributed by atoms with Crippen molar-refractivity contribution in [3.63, 3.8) is 0 Å². The van der Waals surface area contributed by atoms with E-state index in [1.807, 2.05) is 53.0 Å². The van der Waals surface area contributed by atoms with E-state index in [9.17, 15) is 48.6 Å². The normalized spacial score (nSPS) is 31.2. The van der Waals surface area contributed by atoms with Crippen LogP contribution < -0.4 is 29.9 Å². The number of allylic oxidation sites excluding steroid dienone is 6. The van der Waals surface area contributed by atoms with Crippen LogP contribution in [-0.4, -0.2) is 224 Å². The molecule has 0 aromatic heterocycles. The Kier molecular flexibility index (Phi) is 30.1. The summed E-state index contributed by atoms with van der Waals surface area (Å²) < 4.78 is 58.0. The number of fused-ring (bicyclic) bond motifs is 10. The van der Waals surface area contributed by atoms with Crippen molar-refractivity contribution in [3.8, 4) is 11.5 Å². The molecule has 6 amide bonds. The van der Waals surface area contributed by atoms with E-state index < -0.39 is 131 Å². The Labute approximate surface area is 658 Å². The van der Waals surface area contributed by atoms with Crippen LogP contribution in [0.5, 0.6) is 11.5 Å². The number of hydrogen-bond donors (Lipinski definition) is 5. The zero-order valence-electron chi connectivity index (χ0n) is 65.8. The van der Waals surface area contributed by atoms with Crippen LogP contribution in [-0.2, 0) is 79.5 Å². The molecule has 31 heteroatoms. The molecule has 2 aromatic carbocycles. The number of amides is 6. The minimum Gasteiger partial charge on any atom is -0.495 e. The number of ether oxygens (including phenoxy) is 10. The van der Waals surface area contributed by atoms with Crippen molar-refractivity contribution in [3.05, 3.63) is 93.0 Å². The Bertz CT molecular complexity index is 3780. The molecule has 0 aliphatic carbocycles. The predicted molar refractivity (Wildman–Crippen MR) is 419 cm³/mol. The van der Waals surface area contributed by atoms with Crippen LogP contribution in [0.15, 0.2) is 71.9 Å². The molecular formula is C77H110Cl2N6O20S3. The number of rotatable bonds is 18. The summed E-state index contributed by atoms with van der Waals surface area (Å²) >= 11 is 18.0. The summed E-state index contributed by atoms with van der Waals surface area (Å²) in [6.07, 6.45) is 5.42. The summed E-state index contributed by atoms with van der Waals surface area (Å²) in [5, 5.41) is 29.0. The van der Waals surface area contributed by atoms with Gasteiger partial charge in [-0.25, -0.2) is 19.2 Å². The Balaban J connectivity index is 0.000000301. The molecule has 8 bridgehead atoms. The molecule has 600 valence electrons. The molecule has 4 saturated heterocycles. The number of nitrogens with one attached hydrogen (secondary N) is 2. The van der Waals surface area contributed by atoms with E-state index >= 15 is 0 Å². The topological polar surface area (TPSA) is 313 Å². The second kappa shape index (κ2) is 36.5. The number of methoxy groups -OCH3 is 4. The number of carbonyl (C=O) groups is 8. The second-order valence-corrected chi connectivity index (χ2v) is 35.7. The van der Waals surface area contributed by atoms with Crippen molar-refractivity contribution in [1.29, 1.82) is 0 Å². The molecule has 6 aliphatic rings. The molecule has 0 saturated carbocycles. The molecule has 0 radical (unpaired) electrons. The molecule has 4 N–H and O–H groups in total. The number of anilines is 2. The zero-order chi connectivity index (χ0) is 80.7. The molecule has 6 heterocycles. The van der Waals surface area contributed by atoms with Gasteiger partial charge in [-0.2, -0.15) is 12.6 Å². The Hall–Kier alpha value is -6.25. The molecule has 4 unspecified atom stereocenters. The average molecular weight is 1610 g/mol. The number of aliphatic hydroxyl groups is 2. The fourth-order valence-electron chi connectivity index (χ4n) is 13.9. The molecule has 6 aliphatic heterocycles. The van der Waals surface area contributed by atoms with Gasteiger partial charge in [0, 0.05) is 89.4 Å². The minimum atomic E-state index is -1.83. The molecule has 26 nitrogen and oxygen atoms in total. The number of hydrogen-bond acceptors (Lipinski definition) is 23. The van der Waals surface area contributed by atoms with Gasteiger partial charge in [0.1, 0.15) is 81.5 Å². The Morgan fingerprint density at radius 3 is 1.38 bits per heavy atom. The van der Waals surface area contributed by atoms with Crippen LogP contribution >= 0.6 is 57.4 Å². The van der Waals surface area contributed by atoms with E-state index in [-0.39, 0.29) is 69.9 Å². The highest BCUT2D eigenvalue weighted by Gasteiger charge is 2.66. The fraction of sp³-hybridized carbons (Fsp3) is 0.636. The van der Waals surface area contributed by atoms with Gasteiger partial charge in [-0.1, -0.05) is 120 Å². The Morgan fingerprint density at radius 1 is 0.667 bits per heavy atom. The highest BCUT2D eigenvalue weighted by molar-refractivity contribution is 8.76. The smallest absolute Gasteiger partial charge is 0.409 e. The van der Waals surface area contributed by atoms with Crippen molar-refractivity contribution in [2.75, 3.05) is 72.7 Å². The summed E-state index contributed by atoms with van der Waals surface area (Å²) in [6.45, 7) is 22.0. The van der Waals surface area contributed by atoms with Crippen molar-refractivity contribution < 1.29 is 95.9 Å². The average Bonchev–Trinajstić information content (AvgIpc) is 1.58. The van der Waals surface area contributed by atoms with Gasteiger partial charge < -0.3 is 77.2 Å². The van der Waals surface area contributed by atoms with Gasteiger partial charge in [0.15, 0.2) is 11.4 Å². The maximum absolute atomic E-state index is 14.2. The summed E-state index contributed by atoms with van der Waals surface area (Å²) in [5.41, 5.74) is -1.82. The van der Waals surface area contributed by atoms with Gasteiger partial charge in [-0.15, -0.1) is 0 Å². The first-order valence-corrected chi connectivity index (χ1v) is 39.7. The minimum absolute atomic E-state index is 0.0478. The SMILES string of the molecule is COc1cc2cc(c1Cl)N(C)C(=O)C[C@H](OC(=O)[C@H](C)N(C)C(=O)CCC(C)(C)S)[C@]1(C)OC1C(C)[C@@H]1C[C@@](O)(NC(=O)O1)[C@H](OC)/C=C/C=C(\C)C2.COc1cc2cc(c1Cl)N(C)C(=O)C[C@H](OC(=O)[C@H](C)N(C)C(=O)CCC(C)(C)SSC)[C@]1(C)OC1C(C)[C@@H]1C[C@@](O)(NC(=O)O1)[C@H](OC)/C=C/C=C(\C)C2. The lowest BCUT2D eigenvalue weighted by molar-refractivity contribution is -0.162. The lowest BCUT2D eigenvalue weighted by Crippen LogP contribution is -2.63. The zero-order valence-corrected chi connectivity index (χ0v) is 69.9. The van der Waals surface area contributed by atoms with Crippen molar-refractivity contribution in [2.45, 2.75) is 240 Å². The first kappa shape index (κ1) is 89.0. The fourth-order valence-corrected chi connectivity index (χ4v) is 16.9. The van der Waals surface area contributed by atoms with Gasteiger partial charge in [-0.05, 0) is 123 Å². The number of nitrogens with zero attached hydrogens (tertiary/aromatic N) is 4. The Morgan fingerprint density at radius 2 is 1.04 bits per heavy atom. The third-order valence-corrected chi connectivity index (χ3v) is 24.9. The summed E-state index contributed by atoms with van der Waals surface area (Å²) in [6, 6.07) is 5.22. The van der Waals surface area contributed by atoms with E-state index in [4.69, 9.17) is 70.6 Å². The van der Waals surface area contributed by atoms with Gasteiger partial charge in [-0.3, -0.25) is 29.8 Å². The van der Waals surface area contributed by atoms with Gasteiger partial charge >= 0.3 is 24.1 Å². The van der Waals surface area contributed by atoms with Crippen LogP contribution in [0.1, 0.15) is 146 Å². The van der Waals surface area contributed by atoms with Crippen LogP contribution in [0.4, 0.5) is 21.0 Å². The number of carbonyl (C=O) groups excluding carboxylic acids is 8. The molecule has 8 rings (SSSR count). The molecule has 108 heavy (non-hydrogen) atoms. The molecule has 0 spiro atoms. The quantitative estimate of drug-likeness (QED) is 0.0304. The monoisotopic (exact) mass is 1600 g/mol. The number of thiol groups is 1. The maximum atomic E-state index is 14.2. The standard InChI is InChI=1S/C39H56ClN3O10S2.C38H54ClN3O10S/c1-22-13-12-14-29(50-10)39(48)21-28(51-36(47)41-39)23(2)34-38(6,53-34)30(20-32(45)43(8)26-18-25(17-22)19-27(49-9)33(26)40)52-35(46)24(3)42(7)31(44)15-16-37(4,5)55-54-11;1-21-12-11-13-28(49-10)38(47)20-27(50-35(46)40-38)22(2)33-37(6,52-33)29(51-34(45)23(3)41(7)30(43)14-15-36(4,5)53)19-31(44)42(8)25-17-24(16-21)18-26(48-9)32(25)39/h12-14,18-19,23-24,28-30,34,48H,15-17,20-21H2,1-11H3,(H,41,47);11-13,17-18,22-23,27-29,33,47,53H,14-16,19-20H2,1-10H3,(H,40,46)/b14-12+,22-13+;13-11+,21-12+/t23?,24-,28-,29+,30-,34?,38-,39-;22?,23-,27-,28+,29-,33?,37-,38-/m00/s1. The molecular weight excluding hydrogens is 1500 g/mol. The third-order valence-electron chi connectivity index (χ3n) is 21.2. The number of epoxide rings is 2. The van der Waals surface area contributed by atoms with Crippen LogP contribution in [0.2, 0.25) is 10.0 Å². The summed E-state index contributed by atoms with van der Waals surface area (Å²) in [7, 11) is 15.4. The highest BCUT2D eigenvalue weighted by atomic mass is 35.5. The molecule has 4 fully saturated rings. The number of likely N-dealkylation sites (N-methyl/N-ethyl adjacent to an activating group) is 2. The van der Waals surface area contributed by atoms with Crippen molar-refractivity contribution in [2.24, 2.45) is 11.8 Å². The number of benzene rings is 2. The highest BCUT2D eigenvalue weighted by Crippen LogP contribution is 2.52. The van der Waals surface area contributed by atoms with E-state index in [0.29, 0.717) is 48.6 Å². The van der Waals surface area contributed by atoms with Crippen LogP contribution in [0, 0.1) is 11.8 Å². The predicted octanol–water partition coefficient (Wildman–Crippen LogP) is 11.1. The second-order valence-electron chi connectivity index (χ2n) is 30.6. The van der Waals surface area contributed by atoms with Gasteiger partial charge in [0.05, 0.1) is 50.6 Å². The molecule has 16 atom stereocenters. The largest absolute Gasteiger partial charge is 0.495 e. The number of esters is 2. The summed E-state index contributed by atoms with van der Waals surface area (Å²) in [5.74, 6) is -3.08. The molecule has 2 aromatic rings. The first-order chi connectivity index (χ1) is 50.3. The van der Waals surface area contributed by atoms with E-state index in [1.54, 1.807) is 126 Å². The lowest BCUT2D eigenvalue weighted by Gasteiger charge is -2.42. The van der Waals surface area contributed by atoms with Crippen LogP contribution in [0.3, 0.4) is 0 Å². The number of halogens is 2. The van der Waals surface area contributed by atoms with Gasteiger partial charge in [0.2, 0.25) is 23.6 Å². The van der Waals surface area contributed by atoms with Crippen molar-refractivity contribution in [1.82, 2.24) is 20.4 Å². The summed E-state index contributed by atoms with van der Waals surface area (Å²) in [4.78, 5) is 113. The maximum Gasteiger partial charge on any atom is 0.409 e. The van der Waals surface area contributed by atoms with Gasteiger partial charge in [0.25, 0.3) is 0 Å². The van der Waals surface area contributed by atoms with E-state index in [0.717, 1.165) is 22.3 Å². The third kappa shape index (κ3) is 21.7. The lowest BCUT2D eigenvalue weighted by atomic mass is 9.83. The number of alkyl carbamates (subject to hydrolysis) is 2. The van der Waals surface area contributed by atoms with Crippen LogP contribution in [0.25, 0.3) is 0 Å².